The Morgan fingerprint density at radius 2 is 2.26 bits per heavy atom. The standard InChI is InChI=1S/C15H20N6O2/c1-10-18-19-20-21(10)13-8-12(6-7-14(13)23-2)17-15(22)16-9-11-4-3-5-11/h6-8,11H,3-5,9H2,1-2H3,(H2,16,17,22). The predicted molar refractivity (Wildman–Crippen MR) is 84.8 cm³/mol. The Kier molecular flexibility index (Phi) is 4.40. The molecule has 3 rings (SSSR count). The van der Waals surface area contributed by atoms with Crippen molar-refractivity contribution in [3.63, 3.8) is 0 Å². The molecule has 1 aliphatic carbocycles. The van der Waals surface area contributed by atoms with Gasteiger partial charge in [-0.1, -0.05) is 6.42 Å². The smallest absolute Gasteiger partial charge is 0.319 e. The molecule has 0 atom stereocenters. The maximum absolute atomic E-state index is 12.0. The summed E-state index contributed by atoms with van der Waals surface area (Å²) < 4.78 is 6.91. The quantitative estimate of drug-likeness (QED) is 0.878. The molecule has 0 unspecified atom stereocenters. The number of amides is 2. The van der Waals surface area contributed by atoms with Gasteiger partial charge in [0, 0.05) is 12.2 Å². The lowest BCUT2D eigenvalue weighted by Gasteiger charge is -2.25. The van der Waals surface area contributed by atoms with Gasteiger partial charge in [0.05, 0.1) is 7.11 Å². The average Bonchev–Trinajstić information content (AvgIpc) is 2.91. The summed E-state index contributed by atoms with van der Waals surface area (Å²) >= 11 is 0. The summed E-state index contributed by atoms with van der Waals surface area (Å²) in [5.74, 6) is 1.88. The zero-order chi connectivity index (χ0) is 16.2. The molecule has 0 aliphatic heterocycles. The van der Waals surface area contributed by atoms with E-state index < -0.39 is 0 Å². The molecule has 0 bridgehead atoms. The van der Waals surface area contributed by atoms with Crippen LogP contribution in [0.2, 0.25) is 0 Å². The first-order chi connectivity index (χ1) is 11.2. The lowest BCUT2D eigenvalue weighted by Crippen LogP contribution is -2.35. The van der Waals surface area contributed by atoms with Gasteiger partial charge in [-0.3, -0.25) is 0 Å². The number of nitrogens with zero attached hydrogens (tertiary/aromatic N) is 4. The number of aryl methyl sites for hydroxylation is 1. The van der Waals surface area contributed by atoms with Crippen LogP contribution in [0.5, 0.6) is 5.75 Å². The number of nitrogens with one attached hydrogen (secondary N) is 2. The Morgan fingerprint density at radius 3 is 2.87 bits per heavy atom. The van der Waals surface area contributed by atoms with E-state index in [0.717, 1.165) is 6.54 Å². The van der Waals surface area contributed by atoms with Crippen LogP contribution in [0.15, 0.2) is 18.2 Å². The molecule has 8 heteroatoms. The molecule has 1 aromatic carbocycles. The SMILES string of the molecule is COc1ccc(NC(=O)NCC2CCC2)cc1-n1nnnc1C. The minimum atomic E-state index is -0.207. The van der Waals surface area contributed by atoms with Crippen molar-refractivity contribution in [2.45, 2.75) is 26.2 Å². The van der Waals surface area contributed by atoms with Gasteiger partial charge in [0.15, 0.2) is 5.82 Å². The second-order valence-electron chi connectivity index (χ2n) is 5.66. The largest absolute Gasteiger partial charge is 0.494 e. The molecular formula is C15H20N6O2. The fourth-order valence-electron chi connectivity index (χ4n) is 2.50. The van der Waals surface area contributed by atoms with E-state index in [1.54, 1.807) is 36.9 Å². The number of carbonyl (C=O) groups excluding carboxylic acids is 1. The molecule has 23 heavy (non-hydrogen) atoms. The van der Waals surface area contributed by atoms with Gasteiger partial charge < -0.3 is 15.4 Å². The van der Waals surface area contributed by atoms with Crippen molar-refractivity contribution in [3.05, 3.63) is 24.0 Å². The van der Waals surface area contributed by atoms with Crippen LogP contribution in [0.3, 0.4) is 0 Å². The predicted octanol–water partition coefficient (Wildman–Crippen LogP) is 1.90. The molecular weight excluding hydrogens is 296 g/mol. The van der Waals surface area contributed by atoms with Gasteiger partial charge in [-0.25, -0.2) is 4.79 Å². The van der Waals surface area contributed by atoms with Crippen LogP contribution in [0, 0.1) is 12.8 Å². The number of urea groups is 1. The minimum absolute atomic E-state index is 0.207. The molecule has 1 aliphatic rings. The molecule has 1 fully saturated rings. The van der Waals surface area contributed by atoms with E-state index in [-0.39, 0.29) is 6.03 Å². The van der Waals surface area contributed by atoms with Gasteiger partial charge in [-0.2, -0.15) is 4.68 Å². The monoisotopic (exact) mass is 316 g/mol. The van der Waals surface area contributed by atoms with Crippen LogP contribution in [0.25, 0.3) is 5.69 Å². The zero-order valence-corrected chi connectivity index (χ0v) is 13.2. The molecule has 1 saturated carbocycles. The number of ether oxygens (including phenoxy) is 1. The van der Waals surface area contributed by atoms with Crippen molar-refractivity contribution in [1.82, 2.24) is 25.5 Å². The number of anilines is 1. The van der Waals surface area contributed by atoms with Crippen LogP contribution >= 0.6 is 0 Å². The second-order valence-corrected chi connectivity index (χ2v) is 5.66. The number of carbonyl (C=O) groups is 1. The van der Waals surface area contributed by atoms with E-state index >= 15 is 0 Å². The highest BCUT2D eigenvalue weighted by molar-refractivity contribution is 5.89. The van der Waals surface area contributed by atoms with Crippen LogP contribution in [-0.2, 0) is 0 Å². The maximum Gasteiger partial charge on any atom is 0.319 e. The Labute approximate surface area is 134 Å². The van der Waals surface area contributed by atoms with E-state index in [1.165, 1.54) is 19.3 Å². The van der Waals surface area contributed by atoms with E-state index in [1.807, 2.05) is 0 Å². The minimum Gasteiger partial charge on any atom is -0.494 e. The van der Waals surface area contributed by atoms with Gasteiger partial charge in [0.1, 0.15) is 11.4 Å². The topological polar surface area (TPSA) is 94.0 Å². The molecule has 8 nitrogen and oxygen atoms in total. The first-order valence-corrected chi connectivity index (χ1v) is 7.65. The fraction of sp³-hybridized carbons (Fsp3) is 0.467. The van der Waals surface area contributed by atoms with Crippen molar-refractivity contribution in [3.8, 4) is 11.4 Å². The normalized spacial score (nSPS) is 14.2. The van der Waals surface area contributed by atoms with E-state index in [4.69, 9.17) is 4.74 Å². The van der Waals surface area contributed by atoms with Gasteiger partial charge in [-0.05, 0) is 54.3 Å². The number of rotatable bonds is 5. The number of hydrogen-bond donors (Lipinski definition) is 2. The van der Waals surface area contributed by atoms with Crippen LogP contribution in [0.4, 0.5) is 10.5 Å². The third-order valence-corrected chi connectivity index (χ3v) is 4.07. The summed E-state index contributed by atoms with van der Waals surface area (Å²) in [6, 6.07) is 5.13. The summed E-state index contributed by atoms with van der Waals surface area (Å²) in [7, 11) is 1.58. The molecule has 2 amide bonds. The molecule has 1 aromatic heterocycles. The highest BCUT2D eigenvalue weighted by Crippen LogP contribution is 2.27. The number of tetrazole rings is 1. The Balaban J connectivity index is 1.72. The first-order valence-electron chi connectivity index (χ1n) is 7.65. The highest BCUT2D eigenvalue weighted by Gasteiger charge is 2.18. The molecule has 1 heterocycles. The third-order valence-electron chi connectivity index (χ3n) is 4.07. The van der Waals surface area contributed by atoms with Gasteiger partial charge in [-0.15, -0.1) is 5.10 Å². The van der Waals surface area contributed by atoms with E-state index in [0.29, 0.717) is 28.9 Å². The molecule has 0 spiro atoms. The number of benzene rings is 1. The molecule has 2 N–H and O–H groups in total. The van der Waals surface area contributed by atoms with Crippen LogP contribution < -0.4 is 15.4 Å². The number of hydrogen-bond acceptors (Lipinski definition) is 5. The van der Waals surface area contributed by atoms with Gasteiger partial charge >= 0.3 is 6.03 Å². The number of methoxy groups -OCH3 is 1. The van der Waals surface area contributed by atoms with E-state index in [9.17, 15) is 4.79 Å². The van der Waals surface area contributed by atoms with Gasteiger partial charge in [0.2, 0.25) is 0 Å². The van der Waals surface area contributed by atoms with Gasteiger partial charge in [0.25, 0.3) is 0 Å². The maximum atomic E-state index is 12.0. The second kappa shape index (κ2) is 6.64. The van der Waals surface area contributed by atoms with Crippen molar-refractivity contribution >= 4 is 11.7 Å². The lowest BCUT2D eigenvalue weighted by atomic mass is 9.85. The van der Waals surface area contributed by atoms with Crippen molar-refractivity contribution in [2.24, 2.45) is 5.92 Å². The Bertz CT molecular complexity index is 695. The molecule has 0 saturated heterocycles. The fourth-order valence-corrected chi connectivity index (χ4v) is 2.50. The molecule has 122 valence electrons. The van der Waals surface area contributed by atoms with E-state index in [2.05, 4.69) is 26.2 Å². The molecule has 2 aromatic rings. The van der Waals surface area contributed by atoms with Crippen molar-refractivity contribution in [2.75, 3.05) is 19.0 Å². The summed E-state index contributed by atoms with van der Waals surface area (Å²) in [5.41, 5.74) is 1.33. The van der Waals surface area contributed by atoms with Crippen molar-refractivity contribution in [1.29, 1.82) is 0 Å². The number of aromatic nitrogens is 4. The lowest BCUT2D eigenvalue weighted by molar-refractivity contribution is 0.243. The summed E-state index contributed by atoms with van der Waals surface area (Å²) in [5, 5.41) is 17.2. The van der Waals surface area contributed by atoms with Crippen LogP contribution in [0.1, 0.15) is 25.1 Å². The third kappa shape index (κ3) is 3.41. The summed E-state index contributed by atoms with van der Waals surface area (Å²) in [6.45, 7) is 2.52. The van der Waals surface area contributed by atoms with Crippen molar-refractivity contribution < 1.29 is 9.53 Å². The summed E-state index contributed by atoms with van der Waals surface area (Å²) in [4.78, 5) is 12.0. The zero-order valence-electron chi connectivity index (χ0n) is 13.2. The Morgan fingerprint density at radius 1 is 1.43 bits per heavy atom. The average molecular weight is 316 g/mol. The highest BCUT2D eigenvalue weighted by atomic mass is 16.5. The Hall–Kier alpha value is -2.64. The first kappa shape index (κ1) is 15.3. The summed E-state index contributed by atoms with van der Waals surface area (Å²) in [6.07, 6.45) is 3.66. The van der Waals surface area contributed by atoms with Crippen LogP contribution in [-0.4, -0.2) is 39.9 Å². The molecule has 0 radical (unpaired) electrons.